The summed E-state index contributed by atoms with van der Waals surface area (Å²) in [5.41, 5.74) is 3.41. The lowest BCUT2D eigenvalue weighted by molar-refractivity contribution is -0.131. The summed E-state index contributed by atoms with van der Waals surface area (Å²) < 4.78 is 11.1. The van der Waals surface area contributed by atoms with Crippen molar-refractivity contribution in [3.8, 4) is 17.2 Å². The number of thioether (sulfide) groups is 1. The van der Waals surface area contributed by atoms with Crippen LogP contribution in [0.15, 0.2) is 50.9 Å². The first-order chi connectivity index (χ1) is 14.3. The molecule has 0 radical (unpaired) electrons. The summed E-state index contributed by atoms with van der Waals surface area (Å²) in [6, 6.07) is 10.8. The van der Waals surface area contributed by atoms with E-state index >= 15 is 0 Å². The number of methoxy groups -OCH3 is 1. The molecule has 1 aromatic heterocycles. The second kappa shape index (κ2) is 9.36. The highest BCUT2D eigenvalue weighted by Gasteiger charge is 2.18. The van der Waals surface area contributed by atoms with Gasteiger partial charge in [-0.15, -0.1) is 10.2 Å². The summed E-state index contributed by atoms with van der Waals surface area (Å²) >= 11 is 6.80. The van der Waals surface area contributed by atoms with E-state index in [1.165, 1.54) is 0 Å². The summed E-state index contributed by atoms with van der Waals surface area (Å²) in [5.74, 6) is 0.231. The number of nitrogens with zero attached hydrogens (tertiary/aromatic N) is 2. The maximum atomic E-state index is 11.9. The third-order valence-corrected chi connectivity index (χ3v) is 5.54. The van der Waals surface area contributed by atoms with E-state index in [-0.39, 0.29) is 16.0 Å². The monoisotopic (exact) mass is 444 g/mol. The van der Waals surface area contributed by atoms with Crippen LogP contribution in [-0.2, 0) is 4.79 Å². The molecule has 0 aliphatic rings. The van der Waals surface area contributed by atoms with Crippen LogP contribution in [0.3, 0.4) is 0 Å². The molecule has 0 atom stereocenters. The van der Waals surface area contributed by atoms with E-state index in [2.05, 4.69) is 24.0 Å². The van der Waals surface area contributed by atoms with Gasteiger partial charge in [-0.3, -0.25) is 0 Å². The van der Waals surface area contributed by atoms with E-state index < -0.39 is 5.97 Å². The Morgan fingerprint density at radius 3 is 2.53 bits per heavy atom. The van der Waals surface area contributed by atoms with Gasteiger partial charge >= 0.3 is 5.97 Å². The number of halogens is 1. The largest absolute Gasteiger partial charge is 0.496 e. The van der Waals surface area contributed by atoms with Crippen LogP contribution in [0.25, 0.3) is 17.5 Å². The molecule has 156 valence electrons. The highest BCUT2D eigenvalue weighted by molar-refractivity contribution is 8.03. The Balaban J connectivity index is 1.92. The Labute approximate surface area is 183 Å². The molecule has 30 heavy (non-hydrogen) atoms. The molecule has 0 fully saturated rings. The van der Waals surface area contributed by atoms with Crippen molar-refractivity contribution in [2.45, 2.75) is 31.9 Å². The van der Waals surface area contributed by atoms with Gasteiger partial charge in [-0.2, -0.15) is 0 Å². The lowest BCUT2D eigenvalue weighted by Crippen LogP contribution is -2.00. The van der Waals surface area contributed by atoms with Gasteiger partial charge in [-0.25, -0.2) is 4.79 Å². The Kier molecular flexibility index (Phi) is 6.84. The van der Waals surface area contributed by atoms with Crippen molar-refractivity contribution in [1.82, 2.24) is 10.2 Å². The molecule has 6 nitrogen and oxygen atoms in total. The van der Waals surface area contributed by atoms with E-state index in [1.54, 1.807) is 37.5 Å². The standard InChI is InChI=1S/C22H21ClN2O4S/c1-12(2)17-10-15(13(3)9-18(17)28-4)11-19(21(26)27)30-22-25-24-20(29-22)14-5-7-16(23)8-6-14/h5-12H,1-4H3,(H,26,27)/b19-11-. The van der Waals surface area contributed by atoms with E-state index in [1.807, 2.05) is 19.1 Å². The van der Waals surface area contributed by atoms with E-state index in [9.17, 15) is 9.90 Å². The second-order valence-corrected chi connectivity index (χ2v) is 8.33. The fourth-order valence-electron chi connectivity index (χ4n) is 2.83. The molecule has 0 saturated heterocycles. The summed E-state index contributed by atoms with van der Waals surface area (Å²) in [7, 11) is 1.63. The van der Waals surface area contributed by atoms with Crippen molar-refractivity contribution >= 4 is 35.4 Å². The van der Waals surface area contributed by atoms with Crippen LogP contribution < -0.4 is 4.74 Å². The third kappa shape index (κ3) is 5.04. The summed E-state index contributed by atoms with van der Waals surface area (Å²) in [5, 5.41) is 18.4. The van der Waals surface area contributed by atoms with Crippen molar-refractivity contribution in [2.24, 2.45) is 0 Å². The van der Waals surface area contributed by atoms with Crippen molar-refractivity contribution in [2.75, 3.05) is 7.11 Å². The number of rotatable bonds is 7. The first-order valence-corrected chi connectivity index (χ1v) is 10.4. The number of hydrogen-bond donors (Lipinski definition) is 1. The van der Waals surface area contributed by atoms with Crippen LogP contribution in [0, 0.1) is 6.92 Å². The van der Waals surface area contributed by atoms with Crippen LogP contribution >= 0.6 is 23.4 Å². The molecule has 1 heterocycles. The van der Waals surface area contributed by atoms with Gasteiger partial charge in [0.25, 0.3) is 5.22 Å². The molecule has 3 rings (SSSR count). The molecule has 1 N–H and O–H groups in total. The Bertz CT molecular complexity index is 1090. The first kappa shape index (κ1) is 21.9. The molecule has 2 aromatic carbocycles. The van der Waals surface area contributed by atoms with Gasteiger partial charge in [0.15, 0.2) is 0 Å². The number of carboxylic acids is 1. The summed E-state index contributed by atoms with van der Waals surface area (Å²) in [4.78, 5) is 11.9. The highest BCUT2D eigenvalue weighted by atomic mass is 35.5. The lowest BCUT2D eigenvalue weighted by Gasteiger charge is -2.15. The zero-order valence-electron chi connectivity index (χ0n) is 17.0. The molecule has 3 aromatic rings. The average Bonchev–Trinajstić information content (AvgIpc) is 3.17. The van der Waals surface area contributed by atoms with Crippen molar-refractivity contribution in [3.63, 3.8) is 0 Å². The zero-order chi connectivity index (χ0) is 21.8. The van der Waals surface area contributed by atoms with Gasteiger partial charge in [0.05, 0.1) is 7.11 Å². The quantitative estimate of drug-likeness (QED) is 0.350. The Morgan fingerprint density at radius 2 is 1.93 bits per heavy atom. The number of carboxylic acid groups (broad SMARTS) is 1. The molecular formula is C22H21ClN2O4S. The van der Waals surface area contributed by atoms with Gasteiger partial charge in [0.1, 0.15) is 10.7 Å². The van der Waals surface area contributed by atoms with E-state index in [0.29, 0.717) is 16.5 Å². The fourth-order valence-corrected chi connectivity index (χ4v) is 3.62. The predicted molar refractivity (Wildman–Crippen MR) is 118 cm³/mol. The predicted octanol–water partition coefficient (Wildman–Crippen LogP) is 6.05. The van der Waals surface area contributed by atoms with Crippen LogP contribution in [0.2, 0.25) is 5.02 Å². The van der Waals surface area contributed by atoms with Crippen LogP contribution in [0.5, 0.6) is 5.75 Å². The maximum absolute atomic E-state index is 11.9. The highest BCUT2D eigenvalue weighted by Crippen LogP contribution is 2.34. The van der Waals surface area contributed by atoms with Crippen LogP contribution in [0.1, 0.15) is 36.5 Å². The number of aliphatic carboxylic acids is 1. The maximum Gasteiger partial charge on any atom is 0.342 e. The number of aryl methyl sites for hydroxylation is 1. The second-order valence-electron chi connectivity index (χ2n) is 6.90. The molecular weight excluding hydrogens is 424 g/mol. The van der Waals surface area contributed by atoms with Gasteiger partial charge in [-0.05, 0) is 83.8 Å². The molecule has 0 aliphatic heterocycles. The fraction of sp³-hybridized carbons (Fsp3) is 0.227. The first-order valence-electron chi connectivity index (χ1n) is 9.19. The molecule has 0 bridgehead atoms. The molecule has 0 saturated carbocycles. The normalized spacial score (nSPS) is 11.7. The van der Waals surface area contributed by atoms with Crippen LogP contribution in [-0.4, -0.2) is 28.4 Å². The summed E-state index contributed by atoms with van der Waals surface area (Å²) in [6.45, 7) is 6.03. The van der Waals surface area contributed by atoms with E-state index in [0.717, 1.165) is 34.2 Å². The number of ether oxygens (including phenoxy) is 1. The number of aromatic nitrogens is 2. The zero-order valence-corrected chi connectivity index (χ0v) is 18.5. The number of hydrogen-bond acceptors (Lipinski definition) is 6. The van der Waals surface area contributed by atoms with Crippen molar-refractivity contribution in [1.29, 1.82) is 0 Å². The number of carbonyl (C=O) groups is 1. The minimum Gasteiger partial charge on any atom is -0.496 e. The Morgan fingerprint density at radius 1 is 1.23 bits per heavy atom. The van der Waals surface area contributed by atoms with Gasteiger partial charge in [-0.1, -0.05) is 25.4 Å². The summed E-state index contributed by atoms with van der Waals surface area (Å²) in [6.07, 6.45) is 1.61. The third-order valence-electron chi connectivity index (χ3n) is 4.43. The van der Waals surface area contributed by atoms with Gasteiger partial charge in [0, 0.05) is 10.6 Å². The number of benzene rings is 2. The SMILES string of the molecule is COc1cc(C)c(/C=C(\Sc2nnc(-c3ccc(Cl)cc3)o2)C(=O)O)cc1C(C)C. The van der Waals surface area contributed by atoms with Crippen LogP contribution in [0.4, 0.5) is 0 Å². The molecule has 0 spiro atoms. The molecule has 0 amide bonds. The average molecular weight is 445 g/mol. The van der Waals surface area contributed by atoms with Crippen molar-refractivity contribution < 1.29 is 19.1 Å². The molecule has 8 heteroatoms. The minimum absolute atomic E-state index is 0.0734. The smallest absolute Gasteiger partial charge is 0.342 e. The lowest BCUT2D eigenvalue weighted by atomic mass is 9.96. The molecule has 0 aliphatic carbocycles. The van der Waals surface area contributed by atoms with Gasteiger partial charge in [0.2, 0.25) is 5.89 Å². The molecule has 0 unspecified atom stereocenters. The van der Waals surface area contributed by atoms with E-state index in [4.69, 9.17) is 20.8 Å². The van der Waals surface area contributed by atoms with Crippen molar-refractivity contribution in [3.05, 3.63) is 63.0 Å². The Hall–Kier alpha value is -2.77. The topological polar surface area (TPSA) is 85.5 Å². The van der Waals surface area contributed by atoms with Gasteiger partial charge < -0.3 is 14.3 Å². The minimum atomic E-state index is -1.08.